The number of nitrogens with zero attached hydrogens (tertiary/aromatic N) is 1. The summed E-state index contributed by atoms with van der Waals surface area (Å²) in [5.74, 6) is 1.36. The summed E-state index contributed by atoms with van der Waals surface area (Å²) in [5.41, 5.74) is 0.551. The van der Waals surface area contributed by atoms with Crippen LogP contribution in [-0.4, -0.2) is 45.9 Å². The summed E-state index contributed by atoms with van der Waals surface area (Å²) < 4.78 is 36.2. The molecule has 0 saturated heterocycles. The standard InChI is InChI=1S/C20H26N2O5S/c1-4-26-17-9-11-18(12-10-17)27-15-5-6-20(23)21-16-7-13-19(14-8-16)28(24,25)22(2)3/h7-14H,4-6,15H2,1-3H3,(H,21,23). The van der Waals surface area contributed by atoms with Gasteiger partial charge >= 0.3 is 0 Å². The first-order valence-electron chi connectivity index (χ1n) is 9.01. The Bertz CT molecular complexity index is 862. The minimum absolute atomic E-state index is 0.154. The van der Waals surface area contributed by atoms with Gasteiger partial charge in [-0.25, -0.2) is 12.7 Å². The third kappa shape index (κ3) is 6.24. The molecule has 0 saturated carbocycles. The molecule has 0 aliphatic carbocycles. The Morgan fingerprint density at radius 2 is 1.54 bits per heavy atom. The summed E-state index contributed by atoms with van der Waals surface area (Å²) in [7, 11) is -0.531. The number of benzene rings is 2. The van der Waals surface area contributed by atoms with Crippen LogP contribution in [0.15, 0.2) is 53.4 Å². The van der Waals surface area contributed by atoms with Gasteiger partial charge in [-0.3, -0.25) is 4.79 Å². The molecule has 0 fully saturated rings. The molecule has 0 unspecified atom stereocenters. The molecule has 0 heterocycles. The Morgan fingerprint density at radius 1 is 0.964 bits per heavy atom. The number of hydrogen-bond donors (Lipinski definition) is 1. The smallest absolute Gasteiger partial charge is 0.242 e. The van der Waals surface area contributed by atoms with E-state index in [-0.39, 0.29) is 10.8 Å². The Hall–Kier alpha value is -2.58. The van der Waals surface area contributed by atoms with E-state index >= 15 is 0 Å². The fourth-order valence-corrected chi connectivity index (χ4v) is 3.27. The van der Waals surface area contributed by atoms with Crippen molar-refractivity contribution in [3.63, 3.8) is 0 Å². The van der Waals surface area contributed by atoms with E-state index in [1.807, 2.05) is 31.2 Å². The minimum atomic E-state index is -3.48. The van der Waals surface area contributed by atoms with Gasteiger partial charge in [-0.05, 0) is 61.9 Å². The van der Waals surface area contributed by atoms with E-state index in [4.69, 9.17) is 9.47 Å². The van der Waals surface area contributed by atoms with Gasteiger partial charge in [0, 0.05) is 26.2 Å². The Labute approximate surface area is 166 Å². The third-order valence-electron chi connectivity index (χ3n) is 3.87. The fourth-order valence-electron chi connectivity index (χ4n) is 2.37. The van der Waals surface area contributed by atoms with Gasteiger partial charge in [0.1, 0.15) is 11.5 Å². The zero-order chi connectivity index (χ0) is 20.6. The monoisotopic (exact) mass is 406 g/mol. The van der Waals surface area contributed by atoms with Crippen molar-refractivity contribution in [1.82, 2.24) is 4.31 Å². The number of carbonyl (C=O) groups excluding carboxylic acids is 1. The number of amides is 1. The molecule has 0 radical (unpaired) electrons. The molecule has 7 nitrogen and oxygen atoms in total. The molecule has 0 aliphatic rings. The van der Waals surface area contributed by atoms with E-state index in [1.165, 1.54) is 26.2 Å². The van der Waals surface area contributed by atoms with Crippen LogP contribution in [0.1, 0.15) is 19.8 Å². The first kappa shape index (κ1) is 21.7. The molecule has 2 aromatic rings. The number of hydrogen-bond acceptors (Lipinski definition) is 5. The lowest BCUT2D eigenvalue weighted by molar-refractivity contribution is -0.116. The highest BCUT2D eigenvalue weighted by molar-refractivity contribution is 7.89. The number of ether oxygens (including phenoxy) is 2. The van der Waals surface area contributed by atoms with Gasteiger partial charge in [-0.15, -0.1) is 0 Å². The highest BCUT2D eigenvalue weighted by Gasteiger charge is 2.16. The van der Waals surface area contributed by atoms with Crippen molar-refractivity contribution in [1.29, 1.82) is 0 Å². The van der Waals surface area contributed by atoms with E-state index in [0.717, 1.165) is 15.8 Å². The largest absolute Gasteiger partial charge is 0.494 e. The van der Waals surface area contributed by atoms with Crippen molar-refractivity contribution in [3.8, 4) is 11.5 Å². The van der Waals surface area contributed by atoms with Crippen molar-refractivity contribution in [3.05, 3.63) is 48.5 Å². The molecule has 0 bridgehead atoms. The molecule has 8 heteroatoms. The molecule has 0 aliphatic heterocycles. The van der Waals surface area contributed by atoms with Crippen molar-refractivity contribution >= 4 is 21.6 Å². The van der Waals surface area contributed by atoms with Crippen LogP contribution in [0.25, 0.3) is 0 Å². The van der Waals surface area contributed by atoms with Crippen LogP contribution >= 0.6 is 0 Å². The lowest BCUT2D eigenvalue weighted by atomic mass is 10.2. The molecule has 0 aromatic heterocycles. The molecule has 2 aromatic carbocycles. The zero-order valence-corrected chi connectivity index (χ0v) is 17.2. The van der Waals surface area contributed by atoms with Crippen LogP contribution < -0.4 is 14.8 Å². The third-order valence-corrected chi connectivity index (χ3v) is 5.70. The Balaban J connectivity index is 1.75. The van der Waals surface area contributed by atoms with Crippen LogP contribution in [0.2, 0.25) is 0 Å². The van der Waals surface area contributed by atoms with Gasteiger partial charge in [-0.2, -0.15) is 0 Å². The topological polar surface area (TPSA) is 84.9 Å². The lowest BCUT2D eigenvalue weighted by Gasteiger charge is -2.12. The SMILES string of the molecule is CCOc1ccc(OCCCC(=O)Nc2ccc(S(=O)(=O)N(C)C)cc2)cc1. The van der Waals surface area contributed by atoms with E-state index < -0.39 is 10.0 Å². The maximum absolute atomic E-state index is 12.0. The molecule has 1 N–H and O–H groups in total. The molecule has 0 spiro atoms. The molecule has 1 amide bonds. The quantitative estimate of drug-likeness (QED) is 0.613. The number of anilines is 1. The van der Waals surface area contributed by atoms with E-state index in [1.54, 1.807) is 12.1 Å². The number of nitrogens with one attached hydrogen (secondary N) is 1. The van der Waals surface area contributed by atoms with Crippen LogP contribution in [-0.2, 0) is 14.8 Å². The second kappa shape index (κ2) is 10.1. The second-order valence-corrected chi connectivity index (χ2v) is 8.37. The maximum Gasteiger partial charge on any atom is 0.242 e. The fraction of sp³-hybridized carbons (Fsp3) is 0.350. The van der Waals surface area contributed by atoms with Gasteiger partial charge in [0.2, 0.25) is 15.9 Å². The molecule has 2 rings (SSSR count). The Morgan fingerprint density at radius 3 is 2.07 bits per heavy atom. The number of rotatable bonds is 10. The predicted octanol–water partition coefficient (Wildman–Crippen LogP) is 3.13. The second-order valence-electron chi connectivity index (χ2n) is 6.22. The van der Waals surface area contributed by atoms with Gasteiger partial charge < -0.3 is 14.8 Å². The van der Waals surface area contributed by atoms with Gasteiger partial charge in [0.15, 0.2) is 0 Å². The zero-order valence-electron chi connectivity index (χ0n) is 16.3. The highest BCUT2D eigenvalue weighted by Crippen LogP contribution is 2.18. The van der Waals surface area contributed by atoms with Crippen LogP contribution in [0, 0.1) is 0 Å². The average molecular weight is 407 g/mol. The number of sulfonamides is 1. The van der Waals surface area contributed by atoms with Crippen LogP contribution in [0.5, 0.6) is 11.5 Å². The summed E-state index contributed by atoms with van der Waals surface area (Å²) in [6.45, 7) is 2.96. The summed E-state index contributed by atoms with van der Waals surface area (Å²) in [4.78, 5) is 12.2. The van der Waals surface area contributed by atoms with Gasteiger partial charge in [0.25, 0.3) is 0 Å². The first-order chi connectivity index (χ1) is 13.3. The predicted molar refractivity (Wildman–Crippen MR) is 108 cm³/mol. The highest BCUT2D eigenvalue weighted by atomic mass is 32.2. The average Bonchev–Trinajstić information content (AvgIpc) is 2.67. The normalized spacial score (nSPS) is 11.3. The summed E-state index contributed by atoms with van der Waals surface area (Å²) in [6.07, 6.45) is 0.862. The molecule has 28 heavy (non-hydrogen) atoms. The van der Waals surface area contributed by atoms with Gasteiger partial charge in [-0.1, -0.05) is 0 Å². The summed E-state index contributed by atoms with van der Waals surface area (Å²) in [5, 5.41) is 2.75. The van der Waals surface area contributed by atoms with E-state index in [9.17, 15) is 13.2 Å². The van der Waals surface area contributed by atoms with Gasteiger partial charge in [0.05, 0.1) is 18.1 Å². The Kier molecular flexibility index (Phi) is 7.83. The van der Waals surface area contributed by atoms with Crippen molar-refractivity contribution in [2.45, 2.75) is 24.7 Å². The van der Waals surface area contributed by atoms with Crippen molar-refractivity contribution in [2.24, 2.45) is 0 Å². The van der Waals surface area contributed by atoms with E-state index in [2.05, 4.69) is 5.32 Å². The molecule has 152 valence electrons. The van der Waals surface area contributed by atoms with Crippen molar-refractivity contribution in [2.75, 3.05) is 32.6 Å². The van der Waals surface area contributed by atoms with Crippen LogP contribution in [0.4, 0.5) is 5.69 Å². The number of carbonyl (C=O) groups is 1. The molecular formula is C20H26N2O5S. The summed E-state index contributed by atoms with van der Waals surface area (Å²) >= 11 is 0. The molecule has 0 atom stereocenters. The lowest BCUT2D eigenvalue weighted by Crippen LogP contribution is -2.22. The molecular weight excluding hydrogens is 380 g/mol. The van der Waals surface area contributed by atoms with Crippen molar-refractivity contribution < 1.29 is 22.7 Å². The first-order valence-corrected chi connectivity index (χ1v) is 10.4. The van der Waals surface area contributed by atoms with Crippen LogP contribution in [0.3, 0.4) is 0 Å². The minimum Gasteiger partial charge on any atom is -0.494 e. The summed E-state index contributed by atoms with van der Waals surface area (Å²) in [6, 6.07) is 13.4. The maximum atomic E-state index is 12.0. The van der Waals surface area contributed by atoms with E-state index in [0.29, 0.717) is 31.7 Å².